The van der Waals surface area contributed by atoms with Gasteiger partial charge in [0.1, 0.15) is 48.8 Å². The first-order valence-electron chi connectivity index (χ1n) is 7.26. The Hall–Kier alpha value is -0.440. The highest BCUT2D eigenvalue weighted by Gasteiger charge is 2.49. The highest BCUT2D eigenvalue weighted by molar-refractivity contribution is 4.94. The van der Waals surface area contributed by atoms with E-state index in [4.69, 9.17) is 25.7 Å². The van der Waals surface area contributed by atoms with Crippen molar-refractivity contribution in [2.45, 2.75) is 61.4 Å². The summed E-state index contributed by atoms with van der Waals surface area (Å²) in [6, 6.07) is 0. The van der Waals surface area contributed by atoms with E-state index in [0.717, 1.165) is 0 Å². The molecule has 23 heavy (non-hydrogen) atoms. The van der Waals surface area contributed by atoms with Crippen molar-refractivity contribution in [1.29, 1.82) is 0 Å². The smallest absolute Gasteiger partial charge is 0.187 e. The summed E-state index contributed by atoms with van der Waals surface area (Å²) in [5, 5.41) is 58.6. The minimum Gasteiger partial charge on any atom is -0.388 e. The normalized spacial score (nSPS) is 51.7. The van der Waals surface area contributed by atoms with Crippen molar-refractivity contribution in [2.24, 2.45) is 11.5 Å². The molecule has 136 valence electrons. The topological polar surface area (TPSA) is 201 Å². The lowest BCUT2D eigenvalue weighted by molar-refractivity contribution is -0.349. The van der Waals surface area contributed by atoms with E-state index in [1.54, 1.807) is 0 Å². The van der Waals surface area contributed by atoms with Gasteiger partial charge in [-0.3, -0.25) is 0 Å². The molecule has 2 heterocycles. The first-order valence-corrected chi connectivity index (χ1v) is 7.26. The molecule has 0 unspecified atom stereocenters. The summed E-state index contributed by atoms with van der Waals surface area (Å²) >= 11 is 0. The number of hydrogen-bond acceptors (Lipinski definition) is 11. The van der Waals surface area contributed by atoms with Gasteiger partial charge in [0.15, 0.2) is 12.6 Å². The van der Waals surface area contributed by atoms with Gasteiger partial charge < -0.3 is 56.3 Å². The monoisotopic (exact) mass is 340 g/mol. The number of rotatable bonds is 4. The van der Waals surface area contributed by atoms with Crippen molar-refractivity contribution < 1.29 is 44.8 Å². The second-order valence-corrected chi connectivity index (χ2v) is 5.63. The van der Waals surface area contributed by atoms with E-state index in [2.05, 4.69) is 0 Å². The minimum absolute atomic E-state index is 0.143. The molecule has 0 bridgehead atoms. The molecule has 10 N–H and O–H groups in total. The highest BCUT2D eigenvalue weighted by Crippen LogP contribution is 2.28. The summed E-state index contributed by atoms with van der Waals surface area (Å²) in [5.74, 6) is 0. The van der Waals surface area contributed by atoms with Crippen LogP contribution in [0.1, 0.15) is 0 Å². The van der Waals surface area contributed by atoms with Crippen molar-refractivity contribution in [3.05, 3.63) is 0 Å². The van der Waals surface area contributed by atoms with Gasteiger partial charge in [-0.2, -0.15) is 0 Å². The summed E-state index contributed by atoms with van der Waals surface area (Å²) in [4.78, 5) is 0. The highest BCUT2D eigenvalue weighted by atomic mass is 16.7. The molecule has 2 aliphatic rings. The van der Waals surface area contributed by atoms with Gasteiger partial charge in [-0.25, -0.2) is 0 Å². The Balaban J connectivity index is 2.11. The number of hydrogen-bond donors (Lipinski definition) is 8. The molecule has 2 rings (SSSR count). The standard InChI is InChI=1S/C12H24N2O9/c13-1-3-5(15)6(16)9(19)12(22-3)23-10-4(2-14)21-11(20)8(18)7(10)17/h3-12,15-20H,1-2,13-14H2/t3-,4-,5+,6+,7-,8-,9-,10-,11+,12+/m1/s1. The second kappa shape index (κ2) is 7.63. The van der Waals surface area contributed by atoms with Gasteiger partial charge in [0, 0.05) is 13.1 Å². The van der Waals surface area contributed by atoms with E-state index in [1.165, 1.54) is 0 Å². The predicted molar refractivity (Wildman–Crippen MR) is 72.6 cm³/mol. The Morgan fingerprint density at radius 2 is 1.30 bits per heavy atom. The van der Waals surface area contributed by atoms with Crippen molar-refractivity contribution >= 4 is 0 Å². The van der Waals surface area contributed by atoms with Gasteiger partial charge >= 0.3 is 0 Å². The van der Waals surface area contributed by atoms with E-state index in [9.17, 15) is 30.6 Å². The predicted octanol–water partition coefficient (Wildman–Crippen LogP) is -5.46. The number of nitrogens with two attached hydrogens (primary N) is 2. The number of aliphatic hydroxyl groups excluding tert-OH is 6. The van der Waals surface area contributed by atoms with Crippen molar-refractivity contribution in [3.8, 4) is 0 Å². The third kappa shape index (κ3) is 3.65. The molecule has 0 aromatic carbocycles. The van der Waals surface area contributed by atoms with Gasteiger partial charge in [0.05, 0.1) is 0 Å². The van der Waals surface area contributed by atoms with Crippen LogP contribution < -0.4 is 11.5 Å². The fourth-order valence-corrected chi connectivity index (χ4v) is 2.66. The number of ether oxygens (including phenoxy) is 3. The first kappa shape index (κ1) is 18.9. The van der Waals surface area contributed by atoms with E-state index < -0.39 is 61.4 Å². The molecule has 0 spiro atoms. The summed E-state index contributed by atoms with van der Waals surface area (Å²) in [7, 11) is 0. The molecule has 11 nitrogen and oxygen atoms in total. The van der Waals surface area contributed by atoms with Crippen molar-refractivity contribution in [1.82, 2.24) is 0 Å². The second-order valence-electron chi connectivity index (χ2n) is 5.63. The molecular formula is C12H24N2O9. The summed E-state index contributed by atoms with van der Waals surface area (Å²) in [6.07, 6.45) is -14.1. The van der Waals surface area contributed by atoms with Crippen LogP contribution in [0.3, 0.4) is 0 Å². The Labute approximate surface area is 132 Å². The molecule has 2 aliphatic heterocycles. The van der Waals surface area contributed by atoms with Gasteiger partial charge in [-0.05, 0) is 0 Å². The first-order chi connectivity index (χ1) is 10.8. The van der Waals surface area contributed by atoms with Crippen LogP contribution in [-0.4, -0.2) is 105 Å². The van der Waals surface area contributed by atoms with E-state index >= 15 is 0 Å². The van der Waals surface area contributed by atoms with Gasteiger partial charge in [0.25, 0.3) is 0 Å². The van der Waals surface area contributed by atoms with E-state index in [0.29, 0.717) is 0 Å². The largest absolute Gasteiger partial charge is 0.388 e. The Morgan fingerprint density at radius 3 is 1.87 bits per heavy atom. The van der Waals surface area contributed by atoms with E-state index in [-0.39, 0.29) is 13.1 Å². The lowest BCUT2D eigenvalue weighted by atomic mass is 9.96. The third-order valence-electron chi connectivity index (χ3n) is 4.08. The Kier molecular flexibility index (Phi) is 6.27. The Bertz CT molecular complexity index is 386. The molecule has 10 atom stereocenters. The third-order valence-corrected chi connectivity index (χ3v) is 4.08. The fourth-order valence-electron chi connectivity index (χ4n) is 2.66. The zero-order chi connectivity index (χ0) is 17.3. The zero-order valence-electron chi connectivity index (χ0n) is 12.3. The molecule has 2 fully saturated rings. The maximum absolute atomic E-state index is 10.0. The maximum atomic E-state index is 10.0. The fraction of sp³-hybridized carbons (Fsp3) is 1.00. The molecule has 0 aromatic heterocycles. The molecule has 0 amide bonds. The Morgan fingerprint density at radius 1 is 0.696 bits per heavy atom. The molecule has 11 heteroatoms. The van der Waals surface area contributed by atoms with Crippen LogP contribution in [0.4, 0.5) is 0 Å². The summed E-state index contributed by atoms with van der Waals surface area (Å²) in [6.45, 7) is -0.296. The minimum atomic E-state index is -1.65. The lowest BCUT2D eigenvalue weighted by Gasteiger charge is -2.45. The maximum Gasteiger partial charge on any atom is 0.187 e. The molecule has 0 aliphatic carbocycles. The van der Waals surface area contributed by atoms with Crippen LogP contribution in [0.15, 0.2) is 0 Å². The zero-order valence-corrected chi connectivity index (χ0v) is 12.3. The lowest BCUT2D eigenvalue weighted by Crippen LogP contribution is -2.65. The quantitative estimate of drug-likeness (QED) is 0.242. The number of aliphatic hydroxyl groups is 6. The average molecular weight is 340 g/mol. The van der Waals surface area contributed by atoms with Gasteiger partial charge in [-0.15, -0.1) is 0 Å². The van der Waals surface area contributed by atoms with Crippen molar-refractivity contribution in [2.75, 3.05) is 13.1 Å². The van der Waals surface area contributed by atoms with E-state index in [1.807, 2.05) is 0 Å². The SMILES string of the molecule is NC[C@H]1O[C@@H](O[C@H]2[C@H](O)[C@@H](O)[C@@H](O)O[C@@H]2CN)[C@H](O)[C@@H](O)[C@H]1O. The summed E-state index contributed by atoms with van der Waals surface area (Å²) < 4.78 is 15.7. The van der Waals surface area contributed by atoms with Crippen LogP contribution in [0.5, 0.6) is 0 Å². The van der Waals surface area contributed by atoms with Crippen molar-refractivity contribution in [3.63, 3.8) is 0 Å². The molecule has 0 saturated carbocycles. The molecular weight excluding hydrogens is 316 g/mol. The van der Waals surface area contributed by atoms with Gasteiger partial charge in [-0.1, -0.05) is 0 Å². The molecule has 0 radical (unpaired) electrons. The van der Waals surface area contributed by atoms with Crippen LogP contribution >= 0.6 is 0 Å². The van der Waals surface area contributed by atoms with Crippen LogP contribution in [0, 0.1) is 0 Å². The van der Waals surface area contributed by atoms with Crippen LogP contribution in [-0.2, 0) is 14.2 Å². The summed E-state index contributed by atoms with van der Waals surface area (Å²) in [5.41, 5.74) is 10.9. The molecule has 0 aromatic rings. The molecule has 2 saturated heterocycles. The van der Waals surface area contributed by atoms with Crippen LogP contribution in [0.25, 0.3) is 0 Å². The van der Waals surface area contributed by atoms with Crippen LogP contribution in [0.2, 0.25) is 0 Å². The average Bonchev–Trinajstić information content (AvgIpc) is 2.55. The van der Waals surface area contributed by atoms with Gasteiger partial charge in [0.2, 0.25) is 0 Å².